The number of hydrogen-bond donors (Lipinski definition) is 2. The van der Waals surface area contributed by atoms with Gasteiger partial charge in [-0.05, 0) is 13.8 Å². The summed E-state index contributed by atoms with van der Waals surface area (Å²) in [5.74, 6) is 2.51. The van der Waals surface area contributed by atoms with E-state index in [-0.39, 0.29) is 0 Å². The van der Waals surface area contributed by atoms with Gasteiger partial charge in [0.05, 0.1) is 36.0 Å². The van der Waals surface area contributed by atoms with E-state index in [1.165, 1.54) is 63.6 Å². The van der Waals surface area contributed by atoms with E-state index in [9.17, 15) is 20.2 Å². The smallest absolute Gasteiger partial charge is 0.282 e. The first-order valence-corrected chi connectivity index (χ1v) is 8.26. The third-order valence-corrected chi connectivity index (χ3v) is 3.89. The number of nitrogens with two attached hydrogens (primary N) is 2. The van der Waals surface area contributed by atoms with Crippen molar-refractivity contribution in [2.24, 2.45) is 5.41 Å². The lowest BCUT2D eigenvalue weighted by Gasteiger charge is -2.16. The highest BCUT2D eigenvalue weighted by Crippen LogP contribution is 2.32. The molecule has 2 rings (SSSR count). The highest BCUT2D eigenvalue weighted by molar-refractivity contribution is 5.66. The summed E-state index contributed by atoms with van der Waals surface area (Å²) in [5, 5.41) is 42.5. The maximum Gasteiger partial charge on any atom is 0.282 e. The van der Waals surface area contributed by atoms with Gasteiger partial charge in [-0.3, -0.25) is 20.2 Å². The molecule has 2 heterocycles. The molecule has 2 aliphatic heterocycles. The molecule has 2 saturated heterocycles. The summed E-state index contributed by atoms with van der Waals surface area (Å²) in [4.78, 5) is 18.8. The van der Waals surface area contributed by atoms with Crippen molar-refractivity contribution in [1.82, 2.24) is 0 Å². The van der Waals surface area contributed by atoms with Crippen LogP contribution in [-0.2, 0) is 0 Å². The molecule has 4 N–H and O–H groups in total. The van der Waals surface area contributed by atoms with Gasteiger partial charge in [-0.15, -0.1) is 0 Å². The molecule has 0 spiro atoms. The van der Waals surface area contributed by atoms with E-state index in [1.807, 2.05) is 0 Å². The van der Waals surface area contributed by atoms with Gasteiger partial charge in [-0.1, -0.05) is 0 Å². The molecule has 0 aromatic heterocycles. The van der Waals surface area contributed by atoms with Crippen LogP contribution in [0.2, 0.25) is 0 Å². The minimum absolute atomic E-state index is 0.934. The molecule has 0 radical (unpaired) electrons. The Morgan fingerprint density at radius 3 is 1.24 bits per heavy atom. The molecule has 0 saturated carbocycles. The van der Waals surface area contributed by atoms with Crippen LogP contribution >= 0.6 is 0 Å². The average Bonchev–Trinajstić information content (AvgIpc) is 3.26. The molecule has 2 fully saturated rings. The summed E-state index contributed by atoms with van der Waals surface area (Å²) in [6.07, 6.45) is 5.78. The third kappa shape index (κ3) is 8.32. The Morgan fingerprint density at radius 2 is 1.12 bits per heavy atom. The van der Waals surface area contributed by atoms with Crippen molar-refractivity contribution in [2.75, 3.05) is 26.2 Å². The normalized spacial score (nSPS) is 15.4. The van der Waals surface area contributed by atoms with E-state index in [0.717, 1.165) is 13.8 Å². The van der Waals surface area contributed by atoms with Gasteiger partial charge in [0, 0.05) is 25.7 Å². The van der Waals surface area contributed by atoms with Crippen molar-refractivity contribution in [3.05, 3.63) is 42.4 Å². The first kappa shape index (κ1) is 22.6. The monoisotopic (exact) mass is 354 g/mol. The topological polar surface area (TPSA) is 164 Å². The molecule has 0 unspecified atom stereocenters. The minimum atomic E-state index is -1.81. The van der Waals surface area contributed by atoms with Crippen molar-refractivity contribution in [3.8, 4) is 0 Å². The average molecular weight is 354 g/mol. The standard InChI is InChI=1S/C7H6N4O4.2C4H9N/c1-7(2,5(3-8)10(12)13)6(4-9)11(14)15;2*1-2-4-5-3-1/h1-2H3;2*5H,1-4H2/q-2;;/p+2. The van der Waals surface area contributed by atoms with Crippen molar-refractivity contribution < 1.29 is 20.5 Å². The van der Waals surface area contributed by atoms with E-state index in [1.54, 1.807) is 0 Å². The van der Waals surface area contributed by atoms with E-state index < -0.39 is 26.7 Å². The Balaban J connectivity index is 0.000000456. The number of nitrogens with zero attached hydrogens (tertiary/aromatic N) is 4. The van der Waals surface area contributed by atoms with Gasteiger partial charge < -0.3 is 21.5 Å². The van der Waals surface area contributed by atoms with Crippen molar-refractivity contribution in [3.63, 3.8) is 0 Å². The molecule has 2 aliphatic rings. The lowest BCUT2D eigenvalue weighted by molar-refractivity contribution is -0.635. The van der Waals surface area contributed by atoms with Gasteiger partial charge in [0.1, 0.15) is 0 Å². The molecular weight excluding hydrogens is 328 g/mol. The van der Waals surface area contributed by atoms with E-state index in [0.29, 0.717) is 0 Å². The van der Waals surface area contributed by atoms with Crippen LogP contribution in [0.3, 0.4) is 0 Å². The van der Waals surface area contributed by atoms with Crippen LogP contribution in [0.5, 0.6) is 0 Å². The fraction of sp³-hybridized carbons (Fsp3) is 0.733. The van der Waals surface area contributed by atoms with Crippen LogP contribution in [0.15, 0.2) is 11.4 Å². The SMILES string of the molecule is C1CC[NH2+]C1.C1CC[NH2+]C1.CC(C)(C(=C=[N-])[N+](=O)[O-])C(=C=[N-])[N+](=O)[O-]. The maximum atomic E-state index is 10.4. The first-order valence-electron chi connectivity index (χ1n) is 8.26. The molecule has 140 valence electrons. The fourth-order valence-corrected chi connectivity index (χ4v) is 2.37. The number of nitro groups is 2. The largest absolute Gasteiger partial charge is 0.758 e. The quantitative estimate of drug-likeness (QED) is 0.395. The second-order valence-corrected chi connectivity index (χ2v) is 6.21. The van der Waals surface area contributed by atoms with Crippen LogP contribution < -0.4 is 10.6 Å². The summed E-state index contributed by atoms with van der Waals surface area (Å²) < 4.78 is 0. The third-order valence-electron chi connectivity index (χ3n) is 3.89. The summed E-state index contributed by atoms with van der Waals surface area (Å²) in [7, 11) is 0. The molecular formula is C15H26N6O4. The zero-order valence-corrected chi connectivity index (χ0v) is 14.7. The van der Waals surface area contributed by atoms with Crippen molar-refractivity contribution in [2.45, 2.75) is 39.5 Å². The summed E-state index contributed by atoms with van der Waals surface area (Å²) in [6.45, 7) is 7.66. The number of quaternary nitrogens is 2. The summed E-state index contributed by atoms with van der Waals surface area (Å²) in [6, 6.07) is 0. The Bertz CT molecular complexity index is 491. The van der Waals surface area contributed by atoms with E-state index in [4.69, 9.17) is 10.8 Å². The second kappa shape index (κ2) is 12.0. The van der Waals surface area contributed by atoms with Gasteiger partial charge >= 0.3 is 0 Å². The van der Waals surface area contributed by atoms with Crippen LogP contribution in [0, 0.1) is 25.6 Å². The molecule has 0 aromatic rings. The molecule has 0 aromatic carbocycles. The highest BCUT2D eigenvalue weighted by atomic mass is 16.6. The van der Waals surface area contributed by atoms with Crippen molar-refractivity contribution >= 4 is 11.7 Å². The Morgan fingerprint density at radius 1 is 0.840 bits per heavy atom. The Kier molecular flexibility index (Phi) is 10.9. The Hall–Kier alpha value is -2.38. The lowest BCUT2D eigenvalue weighted by Crippen LogP contribution is -2.80. The van der Waals surface area contributed by atoms with Gasteiger partial charge in [0.25, 0.3) is 11.4 Å². The predicted molar refractivity (Wildman–Crippen MR) is 93.3 cm³/mol. The molecule has 0 aliphatic carbocycles. The zero-order chi connectivity index (χ0) is 19.3. The first-order chi connectivity index (χ1) is 11.8. The van der Waals surface area contributed by atoms with Crippen LogP contribution in [0.25, 0.3) is 10.8 Å². The van der Waals surface area contributed by atoms with Crippen LogP contribution in [-0.4, -0.2) is 47.8 Å². The molecule has 10 heteroatoms. The Labute approximate surface area is 146 Å². The second-order valence-electron chi connectivity index (χ2n) is 6.21. The van der Waals surface area contributed by atoms with E-state index in [2.05, 4.69) is 10.6 Å². The lowest BCUT2D eigenvalue weighted by atomic mass is 9.86. The molecule has 0 atom stereocenters. The van der Waals surface area contributed by atoms with E-state index >= 15 is 0 Å². The number of rotatable bonds is 4. The maximum absolute atomic E-state index is 10.4. The summed E-state index contributed by atoms with van der Waals surface area (Å²) in [5.41, 5.74) is -3.68. The van der Waals surface area contributed by atoms with Gasteiger partial charge in [-0.2, -0.15) is 11.7 Å². The number of hydrogen-bond acceptors (Lipinski definition) is 4. The predicted octanol–water partition coefficient (Wildman–Crippen LogP) is -0.501. The van der Waals surface area contributed by atoms with Crippen LogP contribution in [0.4, 0.5) is 0 Å². The molecule has 0 bridgehead atoms. The van der Waals surface area contributed by atoms with Gasteiger partial charge in [-0.25, -0.2) is 0 Å². The van der Waals surface area contributed by atoms with Gasteiger partial charge in [0.2, 0.25) is 0 Å². The molecule has 10 nitrogen and oxygen atoms in total. The zero-order valence-electron chi connectivity index (χ0n) is 14.7. The molecule has 0 amide bonds. The fourth-order valence-electron chi connectivity index (χ4n) is 2.37. The van der Waals surface area contributed by atoms with Gasteiger partial charge in [0.15, 0.2) is 5.41 Å². The van der Waals surface area contributed by atoms with Crippen LogP contribution in [0.1, 0.15) is 39.5 Å². The van der Waals surface area contributed by atoms with Crippen molar-refractivity contribution in [1.29, 1.82) is 0 Å². The summed E-state index contributed by atoms with van der Waals surface area (Å²) >= 11 is 0. The molecule has 25 heavy (non-hydrogen) atoms. The minimum Gasteiger partial charge on any atom is -0.758 e. The highest BCUT2D eigenvalue weighted by Gasteiger charge is 2.43.